The summed E-state index contributed by atoms with van der Waals surface area (Å²) in [5, 5.41) is 0. The molecule has 1 aliphatic rings. The Morgan fingerprint density at radius 3 is 2.93 bits per heavy atom. The van der Waals surface area contributed by atoms with Gasteiger partial charge in [-0.25, -0.2) is 0 Å². The van der Waals surface area contributed by atoms with E-state index >= 15 is 0 Å². The number of hydrogen-bond acceptors (Lipinski definition) is 3. The fourth-order valence-corrected chi connectivity index (χ4v) is 1.61. The Kier molecular flexibility index (Phi) is 4.14. The van der Waals surface area contributed by atoms with E-state index in [1.807, 2.05) is 13.8 Å². The third-order valence-electron chi connectivity index (χ3n) is 2.45. The maximum atomic E-state index is 11.4. The second-order valence-electron chi connectivity index (χ2n) is 3.97. The van der Waals surface area contributed by atoms with E-state index in [2.05, 4.69) is 6.58 Å². The number of carbonyl (C=O) groups is 1. The molecule has 0 aromatic heterocycles. The van der Waals surface area contributed by atoms with Crippen molar-refractivity contribution in [2.75, 3.05) is 13.2 Å². The lowest BCUT2D eigenvalue weighted by molar-refractivity contribution is -0.146. The van der Waals surface area contributed by atoms with Crippen molar-refractivity contribution in [3.05, 3.63) is 12.7 Å². The zero-order valence-electron chi connectivity index (χ0n) is 8.86. The molecule has 0 amide bonds. The molecule has 0 N–H and O–H groups in total. The molecule has 80 valence electrons. The van der Waals surface area contributed by atoms with Crippen LogP contribution in [0.5, 0.6) is 0 Å². The zero-order valence-corrected chi connectivity index (χ0v) is 8.86. The molecular weight excluding hydrogens is 180 g/mol. The quantitative estimate of drug-likeness (QED) is 0.384. The Balaban J connectivity index is 2.31. The van der Waals surface area contributed by atoms with E-state index in [9.17, 15) is 4.79 Å². The van der Waals surface area contributed by atoms with Crippen molar-refractivity contribution in [1.82, 2.24) is 0 Å². The van der Waals surface area contributed by atoms with Crippen molar-refractivity contribution in [2.45, 2.75) is 26.4 Å². The number of ether oxygens (including phenoxy) is 2. The van der Waals surface area contributed by atoms with Gasteiger partial charge in [0, 0.05) is 6.42 Å². The Hall–Kier alpha value is -0.830. The second kappa shape index (κ2) is 5.15. The average Bonchev–Trinajstić information content (AvgIpc) is 2.47. The molecule has 1 rings (SSSR count). The Morgan fingerprint density at radius 2 is 2.43 bits per heavy atom. The molecule has 0 aromatic carbocycles. The van der Waals surface area contributed by atoms with Crippen LogP contribution in [0.25, 0.3) is 0 Å². The smallest absolute Gasteiger partial charge is 0.309 e. The van der Waals surface area contributed by atoms with Crippen LogP contribution in [-0.4, -0.2) is 25.3 Å². The summed E-state index contributed by atoms with van der Waals surface area (Å²) in [4.78, 5) is 11.4. The van der Waals surface area contributed by atoms with Crippen molar-refractivity contribution < 1.29 is 14.3 Å². The fourth-order valence-electron chi connectivity index (χ4n) is 1.61. The third kappa shape index (κ3) is 2.84. The van der Waals surface area contributed by atoms with Crippen molar-refractivity contribution in [1.29, 1.82) is 0 Å². The predicted molar refractivity (Wildman–Crippen MR) is 53.8 cm³/mol. The summed E-state index contributed by atoms with van der Waals surface area (Å²) in [6, 6.07) is 0. The molecule has 0 aliphatic carbocycles. The van der Waals surface area contributed by atoms with Gasteiger partial charge in [-0.1, -0.05) is 19.9 Å². The first-order valence-electron chi connectivity index (χ1n) is 5.04. The van der Waals surface area contributed by atoms with Crippen molar-refractivity contribution in [3.8, 4) is 0 Å². The van der Waals surface area contributed by atoms with Crippen molar-refractivity contribution in [2.24, 2.45) is 11.8 Å². The first kappa shape index (κ1) is 11.2. The van der Waals surface area contributed by atoms with Gasteiger partial charge < -0.3 is 9.47 Å². The van der Waals surface area contributed by atoms with Crippen LogP contribution in [0.2, 0.25) is 0 Å². The average molecular weight is 198 g/mol. The van der Waals surface area contributed by atoms with Crippen LogP contribution in [0.1, 0.15) is 20.3 Å². The normalized spacial score (nSPS) is 26.6. The molecule has 14 heavy (non-hydrogen) atoms. The standard InChI is InChI=1S/C11H18O3/c1-4-5-13-7-9-6-10(8(2)3)11(12)14-9/h4,8-10H,1,5-7H2,2-3H3. The molecule has 1 aliphatic heterocycles. The summed E-state index contributed by atoms with van der Waals surface area (Å²) in [6.45, 7) is 8.63. The molecule has 2 unspecified atom stereocenters. The van der Waals surface area contributed by atoms with Gasteiger partial charge in [0.05, 0.1) is 19.1 Å². The van der Waals surface area contributed by atoms with Gasteiger partial charge >= 0.3 is 5.97 Å². The van der Waals surface area contributed by atoms with Crippen LogP contribution in [0.4, 0.5) is 0 Å². The van der Waals surface area contributed by atoms with Gasteiger partial charge in [0.2, 0.25) is 0 Å². The van der Waals surface area contributed by atoms with E-state index < -0.39 is 0 Å². The summed E-state index contributed by atoms with van der Waals surface area (Å²) in [6.07, 6.45) is 2.42. The minimum atomic E-state index is -0.0767. The molecule has 0 aromatic rings. The number of cyclic esters (lactones) is 1. The maximum absolute atomic E-state index is 11.4. The van der Waals surface area contributed by atoms with E-state index in [-0.39, 0.29) is 18.0 Å². The second-order valence-corrected chi connectivity index (χ2v) is 3.97. The molecule has 1 saturated heterocycles. The topological polar surface area (TPSA) is 35.5 Å². The largest absolute Gasteiger partial charge is 0.460 e. The van der Waals surface area contributed by atoms with Crippen LogP contribution in [0, 0.1) is 11.8 Å². The Morgan fingerprint density at radius 1 is 1.71 bits per heavy atom. The van der Waals surface area contributed by atoms with Gasteiger partial charge in [-0.2, -0.15) is 0 Å². The highest BCUT2D eigenvalue weighted by Crippen LogP contribution is 2.27. The monoisotopic (exact) mass is 198 g/mol. The van der Waals surface area contributed by atoms with Crippen LogP contribution in [-0.2, 0) is 14.3 Å². The van der Waals surface area contributed by atoms with Crippen LogP contribution >= 0.6 is 0 Å². The van der Waals surface area contributed by atoms with E-state index in [0.29, 0.717) is 19.1 Å². The van der Waals surface area contributed by atoms with E-state index in [1.54, 1.807) is 6.08 Å². The lowest BCUT2D eigenvalue weighted by Crippen LogP contribution is -2.15. The van der Waals surface area contributed by atoms with Crippen molar-refractivity contribution >= 4 is 5.97 Å². The van der Waals surface area contributed by atoms with Gasteiger partial charge in [0.1, 0.15) is 6.10 Å². The molecule has 2 atom stereocenters. The summed E-state index contributed by atoms with van der Waals surface area (Å²) in [5.41, 5.74) is 0. The van der Waals surface area contributed by atoms with Gasteiger partial charge in [0.25, 0.3) is 0 Å². The lowest BCUT2D eigenvalue weighted by Gasteiger charge is -2.09. The highest BCUT2D eigenvalue weighted by Gasteiger charge is 2.36. The molecule has 0 radical (unpaired) electrons. The Bertz CT molecular complexity index is 211. The number of carbonyl (C=O) groups excluding carboxylic acids is 1. The van der Waals surface area contributed by atoms with Gasteiger partial charge in [0.15, 0.2) is 0 Å². The molecule has 3 heteroatoms. The maximum Gasteiger partial charge on any atom is 0.309 e. The summed E-state index contributed by atoms with van der Waals surface area (Å²) in [7, 11) is 0. The minimum absolute atomic E-state index is 0.0485. The number of hydrogen-bond donors (Lipinski definition) is 0. The highest BCUT2D eigenvalue weighted by molar-refractivity contribution is 5.74. The lowest BCUT2D eigenvalue weighted by atomic mass is 9.93. The summed E-state index contributed by atoms with van der Waals surface area (Å²) in [5.74, 6) is 0.325. The molecule has 0 saturated carbocycles. The first-order valence-corrected chi connectivity index (χ1v) is 5.04. The molecular formula is C11H18O3. The third-order valence-corrected chi connectivity index (χ3v) is 2.45. The molecule has 3 nitrogen and oxygen atoms in total. The highest BCUT2D eigenvalue weighted by atomic mass is 16.6. The van der Waals surface area contributed by atoms with E-state index in [1.165, 1.54) is 0 Å². The van der Waals surface area contributed by atoms with E-state index in [4.69, 9.17) is 9.47 Å². The Labute approximate surface area is 85.1 Å². The van der Waals surface area contributed by atoms with Crippen LogP contribution in [0.3, 0.4) is 0 Å². The first-order chi connectivity index (χ1) is 6.65. The molecule has 1 heterocycles. The summed E-state index contributed by atoms with van der Waals surface area (Å²) >= 11 is 0. The minimum Gasteiger partial charge on any atom is -0.460 e. The van der Waals surface area contributed by atoms with Crippen molar-refractivity contribution in [3.63, 3.8) is 0 Å². The van der Waals surface area contributed by atoms with E-state index in [0.717, 1.165) is 6.42 Å². The SMILES string of the molecule is C=CCOCC1CC(C(C)C)C(=O)O1. The molecule has 0 spiro atoms. The van der Waals surface area contributed by atoms with Gasteiger partial charge in [-0.15, -0.1) is 6.58 Å². The fraction of sp³-hybridized carbons (Fsp3) is 0.727. The molecule has 1 fully saturated rings. The molecule has 0 bridgehead atoms. The summed E-state index contributed by atoms with van der Waals surface area (Å²) < 4.78 is 10.4. The zero-order chi connectivity index (χ0) is 10.6. The van der Waals surface area contributed by atoms with Crippen LogP contribution in [0.15, 0.2) is 12.7 Å². The van der Waals surface area contributed by atoms with Gasteiger partial charge in [-0.05, 0) is 5.92 Å². The van der Waals surface area contributed by atoms with Crippen LogP contribution < -0.4 is 0 Å². The predicted octanol–water partition coefficient (Wildman–Crippen LogP) is 1.78. The number of rotatable bonds is 5. The number of esters is 1. The van der Waals surface area contributed by atoms with Gasteiger partial charge in [-0.3, -0.25) is 4.79 Å².